The lowest BCUT2D eigenvalue weighted by Crippen LogP contribution is -2.39. The van der Waals surface area contributed by atoms with Gasteiger partial charge in [-0.3, -0.25) is 4.79 Å². The molecule has 138 valence electrons. The zero-order valence-electron chi connectivity index (χ0n) is 15.0. The second-order valence-corrected chi connectivity index (χ2v) is 7.17. The Morgan fingerprint density at radius 2 is 2.07 bits per heavy atom. The smallest absolute Gasteiger partial charge is 0.336 e. The Bertz CT molecular complexity index is 1110. The fourth-order valence-electron chi connectivity index (χ4n) is 3.58. The van der Waals surface area contributed by atoms with Crippen LogP contribution in [0.4, 0.5) is 5.69 Å². The maximum absolute atomic E-state index is 12.8. The van der Waals surface area contributed by atoms with Gasteiger partial charge in [-0.25, -0.2) is 4.79 Å². The van der Waals surface area contributed by atoms with Crippen molar-refractivity contribution >= 4 is 34.2 Å². The summed E-state index contributed by atoms with van der Waals surface area (Å²) < 4.78 is 10.9. The molecule has 1 atom stereocenters. The molecule has 0 aliphatic carbocycles. The van der Waals surface area contributed by atoms with Gasteiger partial charge in [-0.2, -0.15) is 0 Å². The number of carbonyl (C=O) groups excluding carboxylic acids is 1. The van der Waals surface area contributed by atoms with Crippen LogP contribution in [0, 0.1) is 6.92 Å². The van der Waals surface area contributed by atoms with Gasteiger partial charge in [-0.15, -0.1) is 0 Å². The van der Waals surface area contributed by atoms with E-state index in [9.17, 15) is 9.59 Å². The maximum atomic E-state index is 12.8. The molecule has 1 aromatic heterocycles. The summed E-state index contributed by atoms with van der Waals surface area (Å²) >= 11 is 6.30. The molecule has 1 aliphatic rings. The summed E-state index contributed by atoms with van der Waals surface area (Å²) in [5.74, 6) is 0.167. The van der Waals surface area contributed by atoms with Gasteiger partial charge in [-0.05, 0) is 43.5 Å². The molecule has 0 fully saturated rings. The highest BCUT2D eigenvalue weighted by Gasteiger charge is 2.30. The lowest BCUT2D eigenvalue weighted by molar-refractivity contribution is -0.120. The Hall–Kier alpha value is -2.79. The molecular weight excluding hydrogens is 366 g/mol. The molecular formula is C21H18ClNO4. The Kier molecular flexibility index (Phi) is 4.40. The fraction of sp³-hybridized carbons (Fsp3) is 0.238. The molecule has 0 spiro atoms. The minimum atomic E-state index is -0.438. The van der Waals surface area contributed by atoms with E-state index in [4.69, 9.17) is 20.8 Å². The number of rotatable bonds is 3. The third kappa shape index (κ3) is 3.19. The van der Waals surface area contributed by atoms with Crippen molar-refractivity contribution < 1.29 is 13.9 Å². The molecule has 3 aromatic rings. The van der Waals surface area contributed by atoms with Gasteiger partial charge >= 0.3 is 5.63 Å². The zero-order valence-corrected chi connectivity index (χ0v) is 15.7. The predicted molar refractivity (Wildman–Crippen MR) is 105 cm³/mol. The van der Waals surface area contributed by atoms with E-state index >= 15 is 0 Å². The van der Waals surface area contributed by atoms with Gasteiger partial charge in [0.2, 0.25) is 0 Å². The number of hydrogen-bond acceptors (Lipinski definition) is 4. The molecule has 0 saturated carbocycles. The molecule has 27 heavy (non-hydrogen) atoms. The molecule has 4 rings (SSSR count). The number of halogens is 1. The van der Waals surface area contributed by atoms with Crippen molar-refractivity contribution in [3.8, 4) is 5.75 Å². The molecule has 6 heteroatoms. The van der Waals surface area contributed by atoms with Gasteiger partial charge in [-0.1, -0.05) is 29.8 Å². The zero-order chi connectivity index (χ0) is 19.1. The Balaban J connectivity index is 1.58. The second kappa shape index (κ2) is 6.74. The van der Waals surface area contributed by atoms with Crippen LogP contribution in [0.2, 0.25) is 5.02 Å². The highest BCUT2D eigenvalue weighted by Crippen LogP contribution is 2.33. The highest BCUT2D eigenvalue weighted by molar-refractivity contribution is 6.32. The number of fused-ring (bicyclic) bond motifs is 2. The topological polar surface area (TPSA) is 59.8 Å². The first kappa shape index (κ1) is 17.6. The number of aryl methyl sites for hydroxylation is 1. The van der Waals surface area contributed by atoms with Crippen LogP contribution < -0.4 is 15.3 Å². The number of benzene rings is 2. The van der Waals surface area contributed by atoms with Gasteiger partial charge in [0.15, 0.2) is 6.61 Å². The Morgan fingerprint density at radius 1 is 1.30 bits per heavy atom. The first-order valence-electron chi connectivity index (χ1n) is 8.71. The van der Waals surface area contributed by atoms with Crippen LogP contribution in [-0.4, -0.2) is 18.6 Å². The second-order valence-electron chi connectivity index (χ2n) is 6.76. The van der Waals surface area contributed by atoms with Crippen LogP contribution in [0.15, 0.2) is 51.7 Å². The van der Waals surface area contributed by atoms with Crippen molar-refractivity contribution in [2.24, 2.45) is 0 Å². The maximum Gasteiger partial charge on any atom is 0.336 e. The third-order valence-electron chi connectivity index (χ3n) is 4.83. The molecule has 0 saturated heterocycles. The van der Waals surface area contributed by atoms with Crippen LogP contribution in [-0.2, 0) is 11.2 Å². The monoisotopic (exact) mass is 383 g/mol. The molecule has 0 bridgehead atoms. The average molecular weight is 384 g/mol. The molecule has 1 unspecified atom stereocenters. The van der Waals surface area contributed by atoms with E-state index in [1.807, 2.05) is 38.1 Å². The van der Waals surface area contributed by atoms with Crippen molar-refractivity contribution in [1.29, 1.82) is 0 Å². The van der Waals surface area contributed by atoms with E-state index in [-0.39, 0.29) is 18.6 Å². The summed E-state index contributed by atoms with van der Waals surface area (Å²) in [6.07, 6.45) is 0.822. The Morgan fingerprint density at radius 3 is 2.89 bits per heavy atom. The molecule has 0 radical (unpaired) electrons. The SMILES string of the molecule is Cc1cc(=O)oc2cc(OCC(=O)N3c4ccccc4CC3C)c(Cl)cc12. The van der Waals surface area contributed by atoms with Crippen molar-refractivity contribution in [1.82, 2.24) is 0 Å². The van der Waals surface area contributed by atoms with E-state index in [0.29, 0.717) is 16.4 Å². The number of para-hydroxylation sites is 1. The van der Waals surface area contributed by atoms with Gasteiger partial charge < -0.3 is 14.1 Å². The highest BCUT2D eigenvalue weighted by atomic mass is 35.5. The number of amides is 1. The van der Waals surface area contributed by atoms with Crippen LogP contribution in [0.1, 0.15) is 18.1 Å². The van der Waals surface area contributed by atoms with Gasteiger partial charge in [0, 0.05) is 29.2 Å². The lowest BCUT2D eigenvalue weighted by atomic mass is 10.1. The van der Waals surface area contributed by atoms with Crippen LogP contribution >= 0.6 is 11.6 Å². The average Bonchev–Trinajstić information content (AvgIpc) is 2.96. The third-order valence-corrected chi connectivity index (χ3v) is 5.13. The van der Waals surface area contributed by atoms with E-state index < -0.39 is 5.63 Å². The normalized spacial score (nSPS) is 15.8. The van der Waals surface area contributed by atoms with Crippen LogP contribution in [0.3, 0.4) is 0 Å². The van der Waals surface area contributed by atoms with Crippen LogP contribution in [0.25, 0.3) is 11.0 Å². The molecule has 1 amide bonds. The van der Waals surface area contributed by atoms with E-state index in [2.05, 4.69) is 0 Å². The standard InChI is InChI=1S/C21H18ClNO4/c1-12-7-21(25)27-18-10-19(16(22)9-15(12)18)26-11-20(24)23-13(2)8-14-5-3-4-6-17(14)23/h3-7,9-10,13H,8,11H2,1-2H3. The van der Waals surface area contributed by atoms with Crippen molar-refractivity contribution in [3.05, 3.63) is 69.0 Å². The molecule has 5 nitrogen and oxygen atoms in total. The summed E-state index contributed by atoms with van der Waals surface area (Å²) in [5.41, 5.74) is 2.79. The van der Waals surface area contributed by atoms with E-state index in [1.165, 1.54) is 6.07 Å². The minimum absolute atomic E-state index is 0.0752. The molecule has 2 heterocycles. The van der Waals surface area contributed by atoms with Gasteiger partial charge in [0.25, 0.3) is 5.91 Å². The first-order chi connectivity index (χ1) is 12.9. The van der Waals surface area contributed by atoms with Crippen molar-refractivity contribution in [2.45, 2.75) is 26.3 Å². The van der Waals surface area contributed by atoms with Crippen LogP contribution in [0.5, 0.6) is 5.75 Å². The fourth-order valence-corrected chi connectivity index (χ4v) is 3.80. The molecule has 2 aromatic carbocycles. The lowest BCUT2D eigenvalue weighted by Gasteiger charge is -2.23. The van der Waals surface area contributed by atoms with Crippen molar-refractivity contribution in [2.75, 3.05) is 11.5 Å². The van der Waals surface area contributed by atoms with E-state index in [1.54, 1.807) is 17.0 Å². The minimum Gasteiger partial charge on any atom is -0.482 e. The Labute approximate surface area is 161 Å². The molecule has 1 aliphatic heterocycles. The number of carbonyl (C=O) groups is 1. The summed E-state index contributed by atoms with van der Waals surface area (Å²) in [6.45, 7) is 3.67. The van der Waals surface area contributed by atoms with E-state index in [0.717, 1.165) is 28.6 Å². The summed E-state index contributed by atoms with van der Waals surface area (Å²) in [6, 6.07) is 12.6. The number of anilines is 1. The number of ether oxygens (including phenoxy) is 1. The van der Waals surface area contributed by atoms with Gasteiger partial charge in [0.05, 0.1) is 5.02 Å². The first-order valence-corrected chi connectivity index (χ1v) is 9.08. The molecule has 0 N–H and O–H groups in total. The van der Waals surface area contributed by atoms with Gasteiger partial charge in [0.1, 0.15) is 11.3 Å². The largest absolute Gasteiger partial charge is 0.482 e. The van der Waals surface area contributed by atoms with Crippen molar-refractivity contribution in [3.63, 3.8) is 0 Å². The quantitative estimate of drug-likeness (QED) is 0.638. The predicted octanol–water partition coefficient (Wildman–Crippen LogP) is 4.11. The number of nitrogens with zero attached hydrogens (tertiary/aromatic N) is 1. The summed E-state index contributed by atoms with van der Waals surface area (Å²) in [4.78, 5) is 26.1. The summed E-state index contributed by atoms with van der Waals surface area (Å²) in [5, 5.41) is 1.10. The number of hydrogen-bond donors (Lipinski definition) is 0. The summed E-state index contributed by atoms with van der Waals surface area (Å²) in [7, 11) is 0.